The summed E-state index contributed by atoms with van der Waals surface area (Å²) in [4.78, 5) is 17.2. The van der Waals surface area contributed by atoms with Crippen molar-refractivity contribution in [3.63, 3.8) is 0 Å². The summed E-state index contributed by atoms with van der Waals surface area (Å²) in [5, 5.41) is 2.76. The lowest BCUT2D eigenvalue weighted by molar-refractivity contribution is -0.117. The molecule has 170 valence electrons. The van der Waals surface area contributed by atoms with Gasteiger partial charge in [-0.2, -0.15) is 0 Å². The van der Waals surface area contributed by atoms with Crippen LogP contribution in [-0.4, -0.2) is 15.3 Å². The van der Waals surface area contributed by atoms with Crippen molar-refractivity contribution >= 4 is 17.4 Å². The van der Waals surface area contributed by atoms with E-state index < -0.39 is 29.4 Å². The Morgan fingerprint density at radius 2 is 1.79 bits per heavy atom. The number of benzene rings is 2. The number of anilines is 1. The normalized spacial score (nSPS) is 12.1. The highest BCUT2D eigenvalue weighted by atomic mass is 19.1. The van der Waals surface area contributed by atoms with Crippen LogP contribution in [0.15, 0.2) is 54.7 Å². The zero-order valence-electron chi connectivity index (χ0n) is 17.9. The third kappa shape index (κ3) is 4.54. The van der Waals surface area contributed by atoms with Crippen molar-refractivity contribution < 1.29 is 22.7 Å². The number of carbonyl (C=O) groups excluding carboxylic acids is 1. The van der Waals surface area contributed by atoms with Gasteiger partial charge >= 0.3 is 0 Å². The average molecular weight is 454 g/mol. The van der Waals surface area contributed by atoms with E-state index in [-0.39, 0.29) is 12.2 Å². The highest BCUT2D eigenvalue weighted by Gasteiger charge is 2.21. The first-order chi connectivity index (χ1) is 15.7. The Kier molecular flexibility index (Phi) is 6.06. The van der Waals surface area contributed by atoms with Gasteiger partial charge in [0.1, 0.15) is 35.9 Å². The van der Waals surface area contributed by atoms with Crippen molar-refractivity contribution in [1.82, 2.24) is 9.38 Å². The number of nitrogens with zero attached hydrogens (tertiary/aromatic N) is 2. The van der Waals surface area contributed by atoms with E-state index in [0.29, 0.717) is 28.5 Å². The van der Waals surface area contributed by atoms with E-state index in [1.807, 2.05) is 0 Å². The van der Waals surface area contributed by atoms with Gasteiger partial charge in [0.05, 0.1) is 11.3 Å². The minimum Gasteiger partial charge on any atom is -0.485 e. The molecule has 4 aromatic rings. The molecule has 0 aliphatic rings. The van der Waals surface area contributed by atoms with Gasteiger partial charge in [-0.25, -0.2) is 18.2 Å². The molecule has 0 aliphatic carbocycles. The summed E-state index contributed by atoms with van der Waals surface area (Å²) in [5.41, 5.74) is 7.91. The summed E-state index contributed by atoms with van der Waals surface area (Å²) < 4.78 is 48.4. The SMILES string of the molecule is Cc1cc(OCc2c(F)cccc2F)c2nc(C)c(NC(=O)C(N)c3ccc(F)cc3)n2c1. The maximum absolute atomic E-state index is 14.0. The number of carbonyl (C=O) groups is 1. The van der Waals surface area contributed by atoms with E-state index in [1.54, 1.807) is 30.5 Å². The van der Waals surface area contributed by atoms with Crippen molar-refractivity contribution in [2.45, 2.75) is 26.5 Å². The molecule has 4 rings (SSSR count). The topological polar surface area (TPSA) is 81.6 Å². The van der Waals surface area contributed by atoms with Crippen LogP contribution in [0.25, 0.3) is 5.65 Å². The zero-order valence-corrected chi connectivity index (χ0v) is 17.9. The summed E-state index contributed by atoms with van der Waals surface area (Å²) in [6, 6.07) is 9.61. The van der Waals surface area contributed by atoms with Crippen LogP contribution in [0.1, 0.15) is 28.4 Å². The number of nitrogens with one attached hydrogen (secondary N) is 1. The van der Waals surface area contributed by atoms with Gasteiger partial charge in [0.15, 0.2) is 11.4 Å². The molecule has 9 heteroatoms. The molecule has 2 heterocycles. The quantitative estimate of drug-likeness (QED) is 0.447. The molecule has 1 amide bonds. The second-order valence-electron chi connectivity index (χ2n) is 7.63. The number of imidazole rings is 1. The number of fused-ring (bicyclic) bond motifs is 1. The Morgan fingerprint density at radius 3 is 2.45 bits per heavy atom. The minimum atomic E-state index is -1.03. The van der Waals surface area contributed by atoms with Crippen LogP contribution < -0.4 is 15.8 Å². The highest BCUT2D eigenvalue weighted by molar-refractivity contribution is 5.95. The number of aromatic nitrogens is 2. The van der Waals surface area contributed by atoms with Crippen molar-refractivity contribution in [3.05, 3.63) is 94.6 Å². The molecular weight excluding hydrogens is 433 g/mol. The van der Waals surface area contributed by atoms with E-state index in [9.17, 15) is 18.0 Å². The molecule has 2 aromatic carbocycles. The molecule has 3 N–H and O–H groups in total. The van der Waals surface area contributed by atoms with Crippen LogP contribution in [0, 0.1) is 31.3 Å². The fraction of sp³-hybridized carbons (Fsp3) is 0.167. The van der Waals surface area contributed by atoms with Crippen LogP contribution >= 0.6 is 0 Å². The van der Waals surface area contributed by atoms with Gasteiger partial charge in [0, 0.05) is 6.20 Å². The van der Waals surface area contributed by atoms with Crippen molar-refractivity contribution in [2.24, 2.45) is 5.73 Å². The standard InChI is InChI=1S/C24H21F3N4O2/c1-13-10-20(33-12-17-18(26)4-3-5-19(17)27)23-29-14(2)22(31(23)11-13)30-24(32)21(28)15-6-8-16(25)9-7-15/h3-11,21H,12,28H2,1-2H3,(H,30,32). The number of nitrogens with two attached hydrogens (primary N) is 1. The van der Waals surface area contributed by atoms with Gasteiger partial charge < -0.3 is 15.8 Å². The van der Waals surface area contributed by atoms with Crippen LogP contribution in [0.2, 0.25) is 0 Å². The largest absolute Gasteiger partial charge is 0.485 e. The molecule has 1 atom stereocenters. The summed E-state index contributed by atoms with van der Waals surface area (Å²) >= 11 is 0. The molecule has 33 heavy (non-hydrogen) atoms. The number of aryl methyl sites for hydroxylation is 2. The first-order valence-corrected chi connectivity index (χ1v) is 10.1. The highest BCUT2D eigenvalue weighted by Crippen LogP contribution is 2.28. The number of amides is 1. The Labute approximate surface area is 187 Å². The molecule has 2 aromatic heterocycles. The number of hydrogen-bond acceptors (Lipinski definition) is 4. The molecule has 0 spiro atoms. The second kappa shape index (κ2) is 8.95. The lowest BCUT2D eigenvalue weighted by Crippen LogP contribution is -2.28. The van der Waals surface area contributed by atoms with Crippen LogP contribution in [0.3, 0.4) is 0 Å². The van der Waals surface area contributed by atoms with Gasteiger partial charge in [-0.05, 0) is 55.3 Å². The minimum absolute atomic E-state index is 0.195. The molecule has 0 radical (unpaired) electrons. The molecular formula is C24H21F3N4O2. The van der Waals surface area contributed by atoms with Crippen molar-refractivity contribution in [2.75, 3.05) is 5.32 Å². The average Bonchev–Trinajstić information content (AvgIpc) is 3.08. The van der Waals surface area contributed by atoms with Gasteiger partial charge in [-0.15, -0.1) is 0 Å². The lowest BCUT2D eigenvalue weighted by Gasteiger charge is -2.14. The second-order valence-corrected chi connectivity index (χ2v) is 7.63. The van der Waals surface area contributed by atoms with E-state index in [4.69, 9.17) is 10.5 Å². The van der Waals surface area contributed by atoms with Crippen molar-refractivity contribution in [1.29, 1.82) is 0 Å². The Balaban J connectivity index is 1.62. The fourth-order valence-electron chi connectivity index (χ4n) is 3.45. The number of ether oxygens (including phenoxy) is 1. The fourth-order valence-corrected chi connectivity index (χ4v) is 3.45. The number of rotatable bonds is 6. The molecule has 0 saturated heterocycles. The summed E-state index contributed by atoms with van der Waals surface area (Å²) in [6.45, 7) is 3.17. The zero-order chi connectivity index (χ0) is 23.7. The lowest BCUT2D eigenvalue weighted by atomic mass is 10.1. The predicted octanol–water partition coefficient (Wildman–Crippen LogP) is 4.59. The number of hydrogen-bond donors (Lipinski definition) is 2. The molecule has 0 aliphatic heterocycles. The Morgan fingerprint density at radius 1 is 1.12 bits per heavy atom. The van der Waals surface area contributed by atoms with Gasteiger partial charge in [0.2, 0.25) is 5.91 Å². The molecule has 0 bridgehead atoms. The number of halogens is 3. The van der Waals surface area contributed by atoms with Gasteiger partial charge in [0.25, 0.3) is 0 Å². The Hall–Kier alpha value is -3.85. The third-order valence-electron chi connectivity index (χ3n) is 5.18. The van der Waals surface area contributed by atoms with Gasteiger partial charge in [-0.1, -0.05) is 18.2 Å². The van der Waals surface area contributed by atoms with E-state index in [1.165, 1.54) is 30.3 Å². The van der Waals surface area contributed by atoms with Crippen LogP contribution in [-0.2, 0) is 11.4 Å². The Bertz CT molecular complexity index is 1320. The van der Waals surface area contributed by atoms with E-state index in [0.717, 1.165) is 17.7 Å². The maximum atomic E-state index is 14.0. The van der Waals surface area contributed by atoms with Gasteiger partial charge in [-0.3, -0.25) is 9.20 Å². The maximum Gasteiger partial charge on any atom is 0.247 e. The van der Waals surface area contributed by atoms with Crippen molar-refractivity contribution in [3.8, 4) is 5.75 Å². The third-order valence-corrected chi connectivity index (χ3v) is 5.18. The van der Waals surface area contributed by atoms with E-state index in [2.05, 4.69) is 10.3 Å². The summed E-state index contributed by atoms with van der Waals surface area (Å²) in [6.07, 6.45) is 1.74. The molecule has 1 unspecified atom stereocenters. The molecule has 0 fully saturated rings. The predicted molar refractivity (Wildman–Crippen MR) is 117 cm³/mol. The molecule has 6 nitrogen and oxygen atoms in total. The summed E-state index contributed by atoms with van der Waals surface area (Å²) in [7, 11) is 0. The first-order valence-electron chi connectivity index (χ1n) is 10.1. The number of pyridine rings is 1. The van der Waals surface area contributed by atoms with Crippen LogP contribution in [0.4, 0.5) is 19.0 Å². The first kappa shape index (κ1) is 22.3. The summed E-state index contributed by atoms with van der Waals surface area (Å²) in [5.74, 6) is -1.68. The molecule has 0 saturated carbocycles. The smallest absolute Gasteiger partial charge is 0.247 e. The monoisotopic (exact) mass is 454 g/mol. The van der Waals surface area contributed by atoms with Crippen LogP contribution in [0.5, 0.6) is 5.75 Å². The van der Waals surface area contributed by atoms with E-state index >= 15 is 0 Å².